The highest BCUT2D eigenvalue weighted by atomic mass is 15.0. The van der Waals surface area contributed by atoms with Crippen molar-refractivity contribution in [1.29, 1.82) is 0 Å². The van der Waals surface area contributed by atoms with Crippen LogP contribution in [0, 0.1) is 0 Å². The van der Waals surface area contributed by atoms with Crippen molar-refractivity contribution in [1.82, 2.24) is 14.5 Å². The van der Waals surface area contributed by atoms with Crippen LogP contribution in [0.3, 0.4) is 0 Å². The van der Waals surface area contributed by atoms with Crippen molar-refractivity contribution in [3.8, 4) is 84.1 Å². The number of hydrogen-bond acceptors (Lipinski definition) is 2. The Labute approximate surface area is 355 Å². The third-order valence-corrected chi connectivity index (χ3v) is 11.7. The van der Waals surface area contributed by atoms with Gasteiger partial charge in [0.05, 0.1) is 22.4 Å². The molecule has 286 valence electrons. The van der Waals surface area contributed by atoms with Gasteiger partial charge < -0.3 is 4.57 Å². The van der Waals surface area contributed by atoms with E-state index in [1.54, 1.807) is 0 Å². The van der Waals surface area contributed by atoms with Gasteiger partial charge in [-0.05, 0) is 87.0 Å². The minimum Gasteiger partial charge on any atom is -0.309 e. The topological polar surface area (TPSA) is 30.7 Å². The van der Waals surface area contributed by atoms with Crippen LogP contribution in [-0.4, -0.2) is 14.5 Å². The molecule has 9 aromatic carbocycles. The average Bonchev–Trinajstić information content (AvgIpc) is 3.68. The second-order valence-electron chi connectivity index (χ2n) is 15.4. The zero-order chi connectivity index (χ0) is 40.5. The quantitative estimate of drug-likeness (QED) is 0.154. The molecule has 0 radical (unpaired) electrons. The highest BCUT2D eigenvalue weighted by molar-refractivity contribution is 6.11. The SMILES string of the molecule is c1ccc(-c2ccc(-c3cc(-c4ccc(-c5ccc(-n6c7ccc(-c8ccccc8)cc7c7cc(-c8ccccc8)ccc76)cc5)cc4)nc(-c4ccccc4)n3)cc2)cc1. The fourth-order valence-corrected chi connectivity index (χ4v) is 8.48. The molecule has 2 aromatic heterocycles. The number of rotatable bonds is 8. The fraction of sp³-hybridized carbons (Fsp3) is 0. The average molecular weight is 778 g/mol. The van der Waals surface area contributed by atoms with Gasteiger partial charge in [0.15, 0.2) is 5.82 Å². The first kappa shape index (κ1) is 36.0. The van der Waals surface area contributed by atoms with Gasteiger partial charge >= 0.3 is 0 Å². The molecule has 0 saturated heterocycles. The molecule has 11 rings (SSSR count). The van der Waals surface area contributed by atoms with Crippen LogP contribution in [0.2, 0.25) is 0 Å². The van der Waals surface area contributed by atoms with Gasteiger partial charge in [-0.2, -0.15) is 0 Å². The molecule has 0 saturated carbocycles. The molecule has 0 aliphatic rings. The van der Waals surface area contributed by atoms with Crippen LogP contribution in [0.5, 0.6) is 0 Å². The number of nitrogens with zero attached hydrogens (tertiary/aromatic N) is 3. The maximum Gasteiger partial charge on any atom is 0.160 e. The summed E-state index contributed by atoms with van der Waals surface area (Å²) in [5, 5.41) is 2.47. The maximum atomic E-state index is 5.09. The Hall–Kier alpha value is -8.14. The molecule has 0 aliphatic heterocycles. The summed E-state index contributed by atoms with van der Waals surface area (Å²) in [6.07, 6.45) is 0. The summed E-state index contributed by atoms with van der Waals surface area (Å²) >= 11 is 0. The van der Waals surface area contributed by atoms with Gasteiger partial charge in [0, 0.05) is 33.2 Å². The van der Waals surface area contributed by atoms with Gasteiger partial charge in [-0.15, -0.1) is 0 Å². The highest BCUT2D eigenvalue weighted by Gasteiger charge is 2.16. The molecule has 0 N–H and O–H groups in total. The van der Waals surface area contributed by atoms with E-state index in [2.05, 4.69) is 217 Å². The van der Waals surface area contributed by atoms with Crippen molar-refractivity contribution >= 4 is 21.8 Å². The van der Waals surface area contributed by atoms with Crippen LogP contribution < -0.4 is 0 Å². The normalized spacial score (nSPS) is 11.3. The van der Waals surface area contributed by atoms with Gasteiger partial charge in [-0.1, -0.05) is 194 Å². The lowest BCUT2D eigenvalue weighted by molar-refractivity contribution is 1.18. The molecule has 0 aliphatic carbocycles. The fourth-order valence-electron chi connectivity index (χ4n) is 8.48. The number of fused-ring (bicyclic) bond motifs is 3. The van der Waals surface area contributed by atoms with E-state index in [-0.39, 0.29) is 0 Å². The van der Waals surface area contributed by atoms with E-state index in [1.807, 2.05) is 24.3 Å². The first-order chi connectivity index (χ1) is 30.2. The van der Waals surface area contributed by atoms with Gasteiger partial charge in [0.1, 0.15) is 0 Å². The first-order valence-corrected chi connectivity index (χ1v) is 20.7. The minimum atomic E-state index is 0.706. The summed E-state index contributed by atoms with van der Waals surface area (Å²) < 4.78 is 2.40. The van der Waals surface area contributed by atoms with Crippen LogP contribution in [0.4, 0.5) is 0 Å². The van der Waals surface area contributed by atoms with Crippen molar-refractivity contribution < 1.29 is 0 Å². The smallest absolute Gasteiger partial charge is 0.160 e. The number of benzene rings is 9. The Morgan fingerprint density at radius 1 is 0.246 bits per heavy atom. The minimum absolute atomic E-state index is 0.706. The van der Waals surface area contributed by atoms with E-state index in [9.17, 15) is 0 Å². The zero-order valence-electron chi connectivity index (χ0n) is 33.4. The Morgan fingerprint density at radius 3 is 0.967 bits per heavy atom. The Balaban J connectivity index is 0.935. The third kappa shape index (κ3) is 6.98. The lowest BCUT2D eigenvalue weighted by Crippen LogP contribution is -1.96. The maximum absolute atomic E-state index is 5.09. The first-order valence-electron chi connectivity index (χ1n) is 20.7. The molecular weight excluding hydrogens is 739 g/mol. The lowest BCUT2D eigenvalue weighted by Gasteiger charge is -2.12. The lowest BCUT2D eigenvalue weighted by atomic mass is 10.0. The Kier molecular flexibility index (Phi) is 9.18. The molecule has 0 spiro atoms. The standard InChI is InChI=1S/C58H39N3/c1-5-13-40(14-6-1)43-21-25-46(26-22-43)54-39-55(60-58(59-54)48-19-11-4-12-20-48)47-27-23-44(24-28-47)45-29-33-51(34-30-45)61-56-35-31-49(41-15-7-2-8-16-41)37-52(56)53-38-50(32-36-57(53)61)42-17-9-3-10-18-42/h1-39H. The Morgan fingerprint density at radius 2 is 0.557 bits per heavy atom. The summed E-state index contributed by atoms with van der Waals surface area (Å²) in [4.78, 5) is 10.1. The summed E-state index contributed by atoms with van der Waals surface area (Å²) in [5.41, 5.74) is 17.9. The summed E-state index contributed by atoms with van der Waals surface area (Å²) in [6, 6.07) is 84.1. The van der Waals surface area contributed by atoms with Gasteiger partial charge in [0.2, 0.25) is 0 Å². The number of hydrogen-bond donors (Lipinski definition) is 0. The molecule has 0 atom stereocenters. The van der Waals surface area contributed by atoms with Crippen LogP contribution in [-0.2, 0) is 0 Å². The molecule has 2 heterocycles. The Bertz CT molecular complexity index is 3190. The summed E-state index contributed by atoms with van der Waals surface area (Å²) in [5.74, 6) is 0.706. The molecule has 0 unspecified atom stereocenters. The third-order valence-electron chi connectivity index (χ3n) is 11.7. The van der Waals surface area contributed by atoms with Crippen molar-refractivity contribution in [2.75, 3.05) is 0 Å². The number of aromatic nitrogens is 3. The molecule has 61 heavy (non-hydrogen) atoms. The highest BCUT2D eigenvalue weighted by Crippen LogP contribution is 2.38. The second kappa shape index (κ2) is 15.6. The van der Waals surface area contributed by atoms with E-state index in [1.165, 1.54) is 55.2 Å². The van der Waals surface area contributed by atoms with Crippen molar-refractivity contribution in [2.24, 2.45) is 0 Å². The molecular formula is C58H39N3. The van der Waals surface area contributed by atoms with Gasteiger partial charge in [-0.3, -0.25) is 0 Å². The van der Waals surface area contributed by atoms with Crippen LogP contribution in [0.15, 0.2) is 237 Å². The monoisotopic (exact) mass is 777 g/mol. The van der Waals surface area contributed by atoms with Crippen LogP contribution in [0.25, 0.3) is 106 Å². The second-order valence-corrected chi connectivity index (χ2v) is 15.4. The van der Waals surface area contributed by atoms with Crippen molar-refractivity contribution in [2.45, 2.75) is 0 Å². The predicted octanol–water partition coefficient (Wildman–Crippen LogP) is 15.2. The largest absolute Gasteiger partial charge is 0.309 e. The van der Waals surface area contributed by atoms with Crippen molar-refractivity contribution in [3.05, 3.63) is 237 Å². The van der Waals surface area contributed by atoms with E-state index in [4.69, 9.17) is 9.97 Å². The van der Waals surface area contributed by atoms with Gasteiger partial charge in [-0.25, -0.2) is 9.97 Å². The molecule has 0 bridgehead atoms. The zero-order valence-corrected chi connectivity index (χ0v) is 33.4. The predicted molar refractivity (Wildman–Crippen MR) is 254 cm³/mol. The van der Waals surface area contributed by atoms with Crippen LogP contribution in [0.1, 0.15) is 0 Å². The van der Waals surface area contributed by atoms with Crippen LogP contribution >= 0.6 is 0 Å². The molecule has 0 fully saturated rings. The van der Waals surface area contributed by atoms with E-state index in [0.717, 1.165) is 44.9 Å². The van der Waals surface area contributed by atoms with E-state index >= 15 is 0 Å². The van der Waals surface area contributed by atoms with E-state index < -0.39 is 0 Å². The van der Waals surface area contributed by atoms with E-state index in [0.29, 0.717) is 5.82 Å². The summed E-state index contributed by atoms with van der Waals surface area (Å²) in [6.45, 7) is 0. The molecule has 11 aromatic rings. The molecule has 0 amide bonds. The molecule has 3 heteroatoms. The summed E-state index contributed by atoms with van der Waals surface area (Å²) in [7, 11) is 0. The molecule has 3 nitrogen and oxygen atoms in total. The van der Waals surface area contributed by atoms with Gasteiger partial charge in [0.25, 0.3) is 0 Å². The van der Waals surface area contributed by atoms with Crippen molar-refractivity contribution in [3.63, 3.8) is 0 Å².